The van der Waals surface area contributed by atoms with Gasteiger partial charge in [-0.05, 0) is 31.5 Å². The van der Waals surface area contributed by atoms with E-state index in [1.807, 2.05) is 12.1 Å². The molecule has 1 heterocycles. The molecule has 2 aromatic rings. The Morgan fingerprint density at radius 3 is 2.48 bits per heavy atom. The summed E-state index contributed by atoms with van der Waals surface area (Å²) in [7, 11) is -3.15. The van der Waals surface area contributed by atoms with E-state index in [1.165, 1.54) is 0 Å². The number of amides is 2. The van der Waals surface area contributed by atoms with Crippen LogP contribution < -0.4 is 10.6 Å². The van der Waals surface area contributed by atoms with Gasteiger partial charge in [0.05, 0.1) is 17.2 Å². The number of sulfone groups is 1. The highest BCUT2D eigenvalue weighted by Gasteiger charge is 2.15. The molecule has 3 N–H and O–H groups in total. The second-order valence-electron chi connectivity index (χ2n) is 5.36. The van der Waals surface area contributed by atoms with Crippen molar-refractivity contribution >= 4 is 21.6 Å². The van der Waals surface area contributed by atoms with Crippen LogP contribution in [0.4, 0.5) is 10.5 Å². The van der Waals surface area contributed by atoms with Crippen LogP contribution in [0.3, 0.4) is 0 Å². The van der Waals surface area contributed by atoms with Crippen molar-refractivity contribution < 1.29 is 13.2 Å². The molecule has 0 unspecified atom stereocenters. The summed E-state index contributed by atoms with van der Waals surface area (Å²) >= 11 is 0. The highest BCUT2D eigenvalue weighted by molar-refractivity contribution is 7.92. The van der Waals surface area contributed by atoms with Gasteiger partial charge < -0.3 is 10.6 Å². The number of benzene rings is 1. The predicted molar refractivity (Wildman–Crippen MR) is 90.0 cm³/mol. The minimum Gasteiger partial charge on any atom is -0.337 e. The quantitative estimate of drug-likeness (QED) is 0.750. The number of urea groups is 1. The van der Waals surface area contributed by atoms with Gasteiger partial charge in [0.25, 0.3) is 0 Å². The maximum atomic E-state index is 11.7. The number of hydrogen-bond acceptors (Lipinski definition) is 4. The van der Waals surface area contributed by atoms with Gasteiger partial charge in [0, 0.05) is 24.0 Å². The smallest absolute Gasteiger partial charge is 0.319 e. The molecule has 2 amide bonds. The maximum Gasteiger partial charge on any atom is 0.319 e. The standard InChI is InChI=1S/C15H20N4O3S/c1-11(2)23(21,22)8-7-16-15(20)19-14-5-3-12(4-6-14)13-9-17-18-10-13/h3-6,9-11H,7-8H2,1-2H3,(H,17,18)(H2,16,19,20). The number of nitrogens with zero attached hydrogens (tertiary/aromatic N) is 1. The first-order valence-corrected chi connectivity index (χ1v) is 8.95. The molecule has 0 aliphatic rings. The highest BCUT2D eigenvalue weighted by atomic mass is 32.2. The van der Waals surface area contributed by atoms with Crippen LogP contribution in [0.25, 0.3) is 11.1 Å². The van der Waals surface area contributed by atoms with E-state index in [9.17, 15) is 13.2 Å². The van der Waals surface area contributed by atoms with E-state index in [0.29, 0.717) is 5.69 Å². The summed E-state index contributed by atoms with van der Waals surface area (Å²) < 4.78 is 23.3. The fourth-order valence-corrected chi connectivity index (χ4v) is 2.73. The molecule has 0 radical (unpaired) electrons. The zero-order chi connectivity index (χ0) is 16.9. The second-order valence-corrected chi connectivity index (χ2v) is 8.04. The van der Waals surface area contributed by atoms with Crippen molar-refractivity contribution in [1.29, 1.82) is 0 Å². The van der Waals surface area contributed by atoms with Gasteiger partial charge in [-0.3, -0.25) is 5.10 Å². The average molecular weight is 336 g/mol. The van der Waals surface area contributed by atoms with E-state index in [1.54, 1.807) is 38.4 Å². The van der Waals surface area contributed by atoms with E-state index >= 15 is 0 Å². The lowest BCUT2D eigenvalue weighted by molar-refractivity contribution is 0.252. The third kappa shape index (κ3) is 4.82. The first-order valence-electron chi connectivity index (χ1n) is 7.24. The Morgan fingerprint density at radius 2 is 1.91 bits per heavy atom. The van der Waals surface area contributed by atoms with Gasteiger partial charge in [-0.2, -0.15) is 5.10 Å². The molecule has 0 aliphatic heterocycles. The number of hydrogen-bond donors (Lipinski definition) is 3. The number of anilines is 1. The van der Waals surface area contributed by atoms with Gasteiger partial charge in [-0.1, -0.05) is 12.1 Å². The molecule has 0 atom stereocenters. The van der Waals surface area contributed by atoms with Crippen molar-refractivity contribution in [3.63, 3.8) is 0 Å². The molecule has 124 valence electrons. The summed E-state index contributed by atoms with van der Waals surface area (Å²) in [6.45, 7) is 3.33. The first kappa shape index (κ1) is 17.0. The molecule has 0 saturated heterocycles. The van der Waals surface area contributed by atoms with Crippen LogP contribution in [0.5, 0.6) is 0 Å². The van der Waals surface area contributed by atoms with E-state index < -0.39 is 21.1 Å². The summed E-state index contributed by atoms with van der Waals surface area (Å²) in [6.07, 6.45) is 3.49. The minimum absolute atomic E-state index is 0.0719. The molecule has 0 bridgehead atoms. The number of aromatic amines is 1. The Balaban J connectivity index is 1.84. The molecule has 0 saturated carbocycles. The van der Waals surface area contributed by atoms with Crippen LogP contribution in [0.15, 0.2) is 36.7 Å². The summed E-state index contributed by atoms with van der Waals surface area (Å²) in [5.74, 6) is -0.0719. The van der Waals surface area contributed by atoms with Crippen LogP contribution in [0.1, 0.15) is 13.8 Å². The number of carbonyl (C=O) groups is 1. The maximum absolute atomic E-state index is 11.7. The Kier molecular flexibility index (Phi) is 5.38. The summed E-state index contributed by atoms with van der Waals surface area (Å²) in [5, 5.41) is 11.4. The Hall–Kier alpha value is -2.35. The third-order valence-corrected chi connectivity index (χ3v) is 5.57. The number of H-pyrrole nitrogens is 1. The lowest BCUT2D eigenvalue weighted by Crippen LogP contribution is -2.34. The number of nitrogens with one attached hydrogen (secondary N) is 3. The van der Waals surface area contributed by atoms with Crippen LogP contribution in [-0.2, 0) is 9.84 Å². The molecular weight excluding hydrogens is 316 g/mol. The lowest BCUT2D eigenvalue weighted by atomic mass is 10.1. The third-order valence-electron chi connectivity index (χ3n) is 3.36. The van der Waals surface area contributed by atoms with Crippen molar-refractivity contribution in [2.45, 2.75) is 19.1 Å². The normalized spacial score (nSPS) is 11.4. The van der Waals surface area contributed by atoms with E-state index in [-0.39, 0.29) is 12.3 Å². The number of aromatic nitrogens is 2. The molecule has 1 aromatic heterocycles. The molecular formula is C15H20N4O3S. The Morgan fingerprint density at radius 1 is 1.22 bits per heavy atom. The van der Waals surface area contributed by atoms with Gasteiger partial charge in [-0.15, -0.1) is 0 Å². The molecule has 2 rings (SSSR count). The zero-order valence-electron chi connectivity index (χ0n) is 13.0. The van der Waals surface area contributed by atoms with Crippen molar-refractivity contribution in [2.75, 3.05) is 17.6 Å². The monoisotopic (exact) mass is 336 g/mol. The van der Waals surface area contributed by atoms with Gasteiger partial charge in [0.1, 0.15) is 0 Å². The van der Waals surface area contributed by atoms with Crippen LogP contribution in [0, 0.1) is 0 Å². The molecule has 0 aliphatic carbocycles. The van der Waals surface area contributed by atoms with Crippen LogP contribution >= 0.6 is 0 Å². The lowest BCUT2D eigenvalue weighted by Gasteiger charge is -2.10. The number of rotatable bonds is 6. The highest BCUT2D eigenvalue weighted by Crippen LogP contribution is 2.19. The Bertz CT molecular complexity index is 738. The van der Waals surface area contributed by atoms with Crippen molar-refractivity contribution in [2.24, 2.45) is 0 Å². The van der Waals surface area contributed by atoms with Gasteiger partial charge in [0.2, 0.25) is 0 Å². The predicted octanol–water partition coefficient (Wildman–Crippen LogP) is 2.02. The molecule has 1 aromatic carbocycles. The molecule has 0 spiro atoms. The average Bonchev–Trinajstić information content (AvgIpc) is 3.02. The second kappa shape index (κ2) is 7.28. The Labute approximate surface area is 135 Å². The van der Waals surface area contributed by atoms with Gasteiger partial charge >= 0.3 is 6.03 Å². The largest absolute Gasteiger partial charge is 0.337 e. The van der Waals surface area contributed by atoms with Gasteiger partial charge in [-0.25, -0.2) is 13.2 Å². The number of carbonyl (C=O) groups excluding carboxylic acids is 1. The topological polar surface area (TPSA) is 104 Å². The van der Waals surface area contributed by atoms with Crippen molar-refractivity contribution in [3.8, 4) is 11.1 Å². The van der Waals surface area contributed by atoms with E-state index in [2.05, 4.69) is 20.8 Å². The minimum atomic E-state index is -3.15. The van der Waals surface area contributed by atoms with E-state index in [0.717, 1.165) is 11.1 Å². The fourth-order valence-electron chi connectivity index (χ4n) is 1.87. The molecule has 0 fully saturated rings. The molecule has 23 heavy (non-hydrogen) atoms. The van der Waals surface area contributed by atoms with E-state index in [4.69, 9.17) is 0 Å². The fraction of sp³-hybridized carbons (Fsp3) is 0.333. The van der Waals surface area contributed by atoms with Gasteiger partial charge in [0.15, 0.2) is 9.84 Å². The van der Waals surface area contributed by atoms with Crippen LogP contribution in [0.2, 0.25) is 0 Å². The summed E-state index contributed by atoms with van der Waals surface area (Å²) in [6, 6.07) is 6.84. The zero-order valence-corrected chi connectivity index (χ0v) is 13.9. The summed E-state index contributed by atoms with van der Waals surface area (Å²) in [5.41, 5.74) is 2.56. The van der Waals surface area contributed by atoms with Crippen molar-refractivity contribution in [1.82, 2.24) is 15.5 Å². The van der Waals surface area contributed by atoms with Crippen molar-refractivity contribution in [3.05, 3.63) is 36.7 Å². The SMILES string of the molecule is CC(C)S(=O)(=O)CCNC(=O)Nc1ccc(-c2cn[nH]c2)cc1. The molecule has 7 nitrogen and oxygen atoms in total. The summed E-state index contributed by atoms with van der Waals surface area (Å²) in [4.78, 5) is 11.7. The van der Waals surface area contributed by atoms with Crippen LogP contribution in [-0.4, -0.2) is 42.2 Å². The first-order chi connectivity index (χ1) is 10.9. The molecule has 8 heteroatoms.